The van der Waals surface area contributed by atoms with Crippen molar-refractivity contribution >= 4 is 6.69 Å². The van der Waals surface area contributed by atoms with E-state index in [1.807, 2.05) is 0 Å². The quantitative estimate of drug-likeness (QED) is 0.442. The lowest BCUT2D eigenvalue weighted by Crippen LogP contribution is -2.67. The van der Waals surface area contributed by atoms with Gasteiger partial charge in [0.15, 0.2) is 0 Å². The lowest BCUT2D eigenvalue weighted by molar-refractivity contribution is 0.621. The summed E-state index contributed by atoms with van der Waals surface area (Å²) in [6, 6.07) is 0. The highest BCUT2D eigenvalue weighted by atomic mass is 15.6. The maximum atomic E-state index is 5.11. The van der Waals surface area contributed by atoms with E-state index in [4.69, 9.17) is 20.4 Å². The van der Waals surface area contributed by atoms with Crippen LogP contribution in [0.2, 0.25) is 0 Å². The molecule has 176 valence electrons. The third-order valence-electron chi connectivity index (χ3n) is 8.06. The van der Waals surface area contributed by atoms with Gasteiger partial charge in [0.2, 0.25) is 0 Å². The van der Waals surface area contributed by atoms with Crippen molar-refractivity contribution in [1.29, 1.82) is 0 Å². The van der Waals surface area contributed by atoms with E-state index in [2.05, 4.69) is 101 Å². The molecule has 0 aliphatic rings. The standard InChI is InChI=1S/C24H36BN8/c1-13-17(5)26-30(21(13)9)25(31-22(10)14(2)18(6)27-31,32-23(11)15(3)19(7)28-32)33-24(12)16(4)20(8)29-33/h1-12H3/q-1. The molecule has 0 amide bonds. The van der Waals surface area contributed by atoms with E-state index in [0.717, 1.165) is 67.8 Å². The number of rotatable bonds is 4. The number of hydrogen-bond acceptors (Lipinski definition) is 4. The summed E-state index contributed by atoms with van der Waals surface area (Å²) in [7, 11) is 0. The molecule has 0 saturated carbocycles. The minimum atomic E-state index is -2.09. The van der Waals surface area contributed by atoms with Crippen LogP contribution in [0.3, 0.4) is 0 Å². The highest BCUT2D eigenvalue weighted by molar-refractivity contribution is 6.73. The molecule has 8 nitrogen and oxygen atoms in total. The molecule has 0 radical (unpaired) electrons. The molecule has 0 atom stereocenters. The molecule has 0 saturated heterocycles. The van der Waals surface area contributed by atoms with Crippen molar-refractivity contribution in [2.45, 2.75) is 83.1 Å². The van der Waals surface area contributed by atoms with E-state index in [-0.39, 0.29) is 0 Å². The summed E-state index contributed by atoms with van der Waals surface area (Å²) in [6.45, 7) is 23.2. The summed E-state index contributed by atoms with van der Waals surface area (Å²) in [5.41, 5.74) is 12.9. The van der Waals surface area contributed by atoms with Crippen LogP contribution >= 0.6 is 0 Å². The highest BCUT2D eigenvalue weighted by Gasteiger charge is 2.45. The van der Waals surface area contributed by atoms with Crippen LogP contribution in [0.25, 0.3) is 0 Å². The van der Waals surface area contributed by atoms with Crippen LogP contribution in [-0.4, -0.2) is 45.5 Å². The molecule has 0 unspecified atom stereocenters. The summed E-state index contributed by atoms with van der Waals surface area (Å²) in [6.07, 6.45) is 0. The fourth-order valence-corrected chi connectivity index (χ4v) is 4.95. The summed E-state index contributed by atoms with van der Waals surface area (Å²) >= 11 is 0. The Bertz CT molecular complexity index is 1180. The van der Waals surface area contributed by atoms with E-state index in [9.17, 15) is 0 Å². The van der Waals surface area contributed by atoms with Gasteiger partial charge in [-0.05, 0) is 128 Å². The molecule has 0 aromatic carbocycles. The first-order valence-electron chi connectivity index (χ1n) is 11.6. The molecule has 0 spiro atoms. The predicted octanol–water partition coefficient (Wildman–Crippen LogP) is 4.10. The van der Waals surface area contributed by atoms with Gasteiger partial charge in [0.05, 0.1) is 22.8 Å². The molecule has 4 heterocycles. The topological polar surface area (TPSA) is 71.3 Å². The molecule has 0 bridgehead atoms. The van der Waals surface area contributed by atoms with E-state index in [0.29, 0.717) is 0 Å². The predicted molar refractivity (Wildman–Crippen MR) is 133 cm³/mol. The van der Waals surface area contributed by atoms with Crippen molar-refractivity contribution in [2.24, 2.45) is 0 Å². The van der Waals surface area contributed by atoms with Crippen LogP contribution in [0, 0.1) is 83.1 Å². The molecular formula is C24H36BN8-. The lowest BCUT2D eigenvalue weighted by atomic mass is 9.73. The van der Waals surface area contributed by atoms with Crippen LogP contribution in [0.1, 0.15) is 67.8 Å². The zero-order valence-electron chi connectivity index (χ0n) is 22.2. The highest BCUT2D eigenvalue weighted by Crippen LogP contribution is 2.29. The summed E-state index contributed by atoms with van der Waals surface area (Å²) < 4.78 is 8.45. The van der Waals surface area contributed by atoms with Gasteiger partial charge in [-0.25, -0.2) is 20.4 Å². The van der Waals surface area contributed by atoms with Gasteiger partial charge >= 0.3 is 6.69 Å². The third kappa shape index (κ3) is 2.90. The van der Waals surface area contributed by atoms with Crippen LogP contribution in [0.4, 0.5) is 0 Å². The summed E-state index contributed by atoms with van der Waals surface area (Å²) in [4.78, 5) is 0. The number of aryl methyl sites for hydroxylation is 4. The molecule has 0 aliphatic heterocycles. The van der Waals surface area contributed by atoms with Gasteiger partial charge in [0.25, 0.3) is 0 Å². The first-order valence-corrected chi connectivity index (χ1v) is 11.6. The maximum Gasteiger partial charge on any atom is 0.466 e. The minimum Gasteiger partial charge on any atom is -0.376 e. The molecule has 9 heteroatoms. The van der Waals surface area contributed by atoms with Crippen molar-refractivity contribution in [3.8, 4) is 0 Å². The van der Waals surface area contributed by atoms with Crippen molar-refractivity contribution in [1.82, 2.24) is 38.8 Å². The van der Waals surface area contributed by atoms with Crippen LogP contribution in [0.15, 0.2) is 0 Å². The second kappa shape index (κ2) is 7.47. The van der Waals surface area contributed by atoms with Crippen LogP contribution < -0.4 is 0 Å². The van der Waals surface area contributed by atoms with Crippen molar-refractivity contribution in [3.05, 3.63) is 67.8 Å². The monoisotopic (exact) mass is 447 g/mol. The van der Waals surface area contributed by atoms with Gasteiger partial charge in [-0.15, -0.1) is 0 Å². The SMILES string of the molecule is Cc1nn([B-](n2nc(C)c(C)c2C)(n2nc(C)c(C)c2C)n2nc(C)c(C)c2C)c(C)c1C. The fraction of sp³-hybridized carbons (Fsp3) is 0.500. The summed E-state index contributed by atoms with van der Waals surface area (Å²) in [5.74, 6) is 0. The Balaban J connectivity index is 2.34. The molecule has 0 N–H and O–H groups in total. The first kappa shape index (κ1) is 23.1. The zero-order valence-corrected chi connectivity index (χ0v) is 22.2. The van der Waals surface area contributed by atoms with Gasteiger partial charge in [-0.1, -0.05) is 0 Å². The lowest BCUT2D eigenvalue weighted by Gasteiger charge is -2.45. The molecule has 4 aromatic rings. The van der Waals surface area contributed by atoms with E-state index < -0.39 is 6.69 Å². The second-order valence-electron chi connectivity index (χ2n) is 9.65. The van der Waals surface area contributed by atoms with Gasteiger partial charge in [-0.3, -0.25) is 0 Å². The van der Waals surface area contributed by atoms with Crippen molar-refractivity contribution < 1.29 is 0 Å². The molecule has 4 aromatic heterocycles. The van der Waals surface area contributed by atoms with Crippen LogP contribution in [0.5, 0.6) is 0 Å². The van der Waals surface area contributed by atoms with E-state index in [1.165, 1.54) is 0 Å². The van der Waals surface area contributed by atoms with Gasteiger partial charge in [-0.2, -0.15) is 0 Å². The Morgan fingerprint density at radius 2 is 0.545 bits per heavy atom. The largest absolute Gasteiger partial charge is 0.466 e. The summed E-state index contributed by atoms with van der Waals surface area (Å²) in [5, 5.41) is 20.5. The van der Waals surface area contributed by atoms with Gasteiger partial charge in [0.1, 0.15) is 0 Å². The van der Waals surface area contributed by atoms with Gasteiger partial charge in [0, 0.05) is 0 Å². The molecule has 0 fully saturated rings. The molecule has 33 heavy (non-hydrogen) atoms. The normalized spacial score (nSPS) is 12.2. The maximum absolute atomic E-state index is 5.11. The second-order valence-corrected chi connectivity index (χ2v) is 9.65. The average Bonchev–Trinajstić information content (AvgIpc) is 3.39. The Labute approximate surface area is 196 Å². The molecule has 0 aliphatic carbocycles. The minimum absolute atomic E-state index is 0.994. The molecular weight excluding hydrogens is 411 g/mol. The van der Waals surface area contributed by atoms with E-state index in [1.54, 1.807) is 0 Å². The van der Waals surface area contributed by atoms with E-state index >= 15 is 0 Å². The third-order valence-corrected chi connectivity index (χ3v) is 8.06. The smallest absolute Gasteiger partial charge is 0.376 e. The number of nitrogens with zero attached hydrogens (tertiary/aromatic N) is 8. The van der Waals surface area contributed by atoms with Gasteiger partial charge < -0.3 is 18.4 Å². The number of hydrogen-bond donors (Lipinski definition) is 0. The first-order chi connectivity index (χ1) is 15.3. The fourth-order valence-electron chi connectivity index (χ4n) is 4.95. The number of aromatic nitrogens is 8. The van der Waals surface area contributed by atoms with Crippen LogP contribution in [-0.2, 0) is 0 Å². The zero-order chi connectivity index (χ0) is 24.6. The van der Waals surface area contributed by atoms with Crippen molar-refractivity contribution in [3.63, 3.8) is 0 Å². The Morgan fingerprint density at radius 1 is 0.364 bits per heavy atom. The molecule has 4 rings (SSSR count). The average molecular weight is 447 g/mol. The Hall–Kier alpha value is -3.10. The Kier molecular flexibility index (Phi) is 5.22. The Morgan fingerprint density at radius 3 is 0.667 bits per heavy atom. The van der Waals surface area contributed by atoms with Crippen molar-refractivity contribution in [2.75, 3.05) is 0 Å².